The van der Waals surface area contributed by atoms with Crippen LogP contribution in [0.25, 0.3) is 10.8 Å². The Labute approximate surface area is 131 Å². The van der Waals surface area contributed by atoms with E-state index in [1.165, 1.54) is 27.5 Å². The fourth-order valence-corrected chi connectivity index (χ4v) is 3.86. The summed E-state index contributed by atoms with van der Waals surface area (Å²) in [6, 6.07) is 10.7. The van der Waals surface area contributed by atoms with Crippen LogP contribution < -0.4 is 0 Å². The van der Waals surface area contributed by atoms with E-state index < -0.39 is 5.92 Å². The van der Waals surface area contributed by atoms with Crippen LogP contribution in [-0.4, -0.2) is 5.92 Å². The zero-order chi connectivity index (χ0) is 15.9. The highest BCUT2D eigenvalue weighted by atomic mass is 19.3. The summed E-state index contributed by atoms with van der Waals surface area (Å²) in [5.41, 5.74) is 3.96. The number of alkyl halides is 2. The van der Waals surface area contributed by atoms with E-state index in [0.717, 1.165) is 0 Å². The topological polar surface area (TPSA) is 0 Å². The van der Waals surface area contributed by atoms with Gasteiger partial charge in [-0.15, -0.1) is 0 Å². The van der Waals surface area contributed by atoms with Crippen LogP contribution in [-0.2, 0) is 0 Å². The van der Waals surface area contributed by atoms with Gasteiger partial charge in [0.25, 0.3) is 0 Å². The van der Waals surface area contributed by atoms with Crippen molar-refractivity contribution in [2.75, 3.05) is 0 Å². The van der Waals surface area contributed by atoms with Gasteiger partial charge in [0.2, 0.25) is 5.92 Å². The van der Waals surface area contributed by atoms with Crippen molar-refractivity contribution in [3.8, 4) is 0 Å². The maximum absolute atomic E-state index is 13.5. The Morgan fingerprint density at radius 2 is 1.64 bits per heavy atom. The Kier molecular flexibility index (Phi) is 3.96. The summed E-state index contributed by atoms with van der Waals surface area (Å²) in [6.45, 7) is 6.59. The molecule has 22 heavy (non-hydrogen) atoms. The van der Waals surface area contributed by atoms with E-state index in [9.17, 15) is 8.78 Å². The van der Waals surface area contributed by atoms with Crippen LogP contribution in [0.15, 0.2) is 30.3 Å². The van der Waals surface area contributed by atoms with Gasteiger partial charge >= 0.3 is 0 Å². The summed E-state index contributed by atoms with van der Waals surface area (Å²) in [6.07, 6.45) is 1.24. The first-order valence-electron chi connectivity index (χ1n) is 8.29. The molecule has 0 unspecified atom stereocenters. The predicted molar refractivity (Wildman–Crippen MR) is 88.9 cm³/mol. The number of rotatable bonds is 2. The van der Waals surface area contributed by atoms with E-state index in [2.05, 4.69) is 51.1 Å². The molecule has 0 spiro atoms. The number of benzene rings is 2. The maximum Gasteiger partial charge on any atom is 0.248 e. The number of hydrogen-bond donors (Lipinski definition) is 0. The first kappa shape index (κ1) is 15.5. The molecule has 2 aromatic rings. The Morgan fingerprint density at radius 3 is 2.23 bits per heavy atom. The van der Waals surface area contributed by atoms with Crippen LogP contribution in [0.2, 0.25) is 0 Å². The average Bonchev–Trinajstić information content (AvgIpc) is 2.48. The molecule has 0 amide bonds. The van der Waals surface area contributed by atoms with Crippen LogP contribution in [0, 0.1) is 6.92 Å². The van der Waals surface area contributed by atoms with Gasteiger partial charge in [0.15, 0.2) is 0 Å². The standard InChI is InChI=1S/C20H24F2/c1-13(2)18-12-19(15-8-10-20(21,22)11-9-15)17-7-5-4-6-16(17)14(18)3/h4-7,12-13,15H,8-11H2,1-3H3. The van der Waals surface area contributed by atoms with Gasteiger partial charge in [-0.3, -0.25) is 0 Å². The van der Waals surface area contributed by atoms with Gasteiger partial charge in [-0.2, -0.15) is 0 Å². The molecule has 1 saturated carbocycles. The molecule has 0 N–H and O–H groups in total. The van der Waals surface area contributed by atoms with E-state index in [0.29, 0.717) is 18.8 Å². The summed E-state index contributed by atoms with van der Waals surface area (Å²) in [5.74, 6) is -1.74. The van der Waals surface area contributed by atoms with Crippen LogP contribution in [0.4, 0.5) is 8.78 Å². The quantitative estimate of drug-likeness (QED) is 0.589. The van der Waals surface area contributed by atoms with Crippen molar-refractivity contribution in [1.82, 2.24) is 0 Å². The number of halogens is 2. The van der Waals surface area contributed by atoms with Gasteiger partial charge < -0.3 is 0 Å². The highest BCUT2D eigenvalue weighted by Gasteiger charge is 2.36. The van der Waals surface area contributed by atoms with E-state index >= 15 is 0 Å². The fourth-order valence-electron chi connectivity index (χ4n) is 3.86. The monoisotopic (exact) mass is 302 g/mol. The second-order valence-electron chi connectivity index (χ2n) is 7.01. The van der Waals surface area contributed by atoms with Gasteiger partial charge in [-0.25, -0.2) is 8.78 Å². The minimum Gasteiger partial charge on any atom is -0.207 e. The summed E-state index contributed by atoms with van der Waals surface area (Å²) in [5, 5.41) is 2.53. The molecule has 0 saturated heterocycles. The summed E-state index contributed by atoms with van der Waals surface area (Å²) >= 11 is 0. The third kappa shape index (κ3) is 2.76. The third-order valence-electron chi connectivity index (χ3n) is 5.17. The number of hydrogen-bond acceptors (Lipinski definition) is 0. The molecule has 2 heteroatoms. The minimum atomic E-state index is -2.46. The van der Waals surface area contributed by atoms with Crippen molar-refractivity contribution >= 4 is 10.8 Å². The Hall–Kier alpha value is -1.44. The highest BCUT2D eigenvalue weighted by Crippen LogP contribution is 2.44. The van der Waals surface area contributed by atoms with Crippen molar-refractivity contribution in [2.45, 2.75) is 64.2 Å². The summed E-state index contributed by atoms with van der Waals surface area (Å²) in [4.78, 5) is 0. The molecular weight excluding hydrogens is 278 g/mol. The molecule has 0 aliphatic heterocycles. The van der Waals surface area contributed by atoms with E-state index in [4.69, 9.17) is 0 Å². The molecule has 1 aliphatic carbocycles. The third-order valence-corrected chi connectivity index (χ3v) is 5.17. The van der Waals surface area contributed by atoms with Gasteiger partial charge in [0.1, 0.15) is 0 Å². The smallest absolute Gasteiger partial charge is 0.207 e. The lowest BCUT2D eigenvalue weighted by atomic mass is 9.78. The van der Waals surface area contributed by atoms with Gasteiger partial charge in [-0.05, 0) is 59.1 Å². The Balaban J connectivity index is 2.11. The lowest BCUT2D eigenvalue weighted by molar-refractivity contribution is -0.0381. The molecule has 0 radical (unpaired) electrons. The molecular formula is C20H24F2. The van der Waals surface area contributed by atoms with Crippen molar-refractivity contribution in [3.05, 3.63) is 47.0 Å². The number of aryl methyl sites for hydroxylation is 1. The lowest BCUT2D eigenvalue weighted by Crippen LogP contribution is -2.23. The molecule has 0 nitrogen and oxygen atoms in total. The molecule has 0 atom stereocenters. The number of fused-ring (bicyclic) bond motifs is 1. The maximum atomic E-state index is 13.5. The molecule has 2 aromatic carbocycles. The van der Waals surface area contributed by atoms with Crippen LogP contribution >= 0.6 is 0 Å². The van der Waals surface area contributed by atoms with Crippen LogP contribution in [0.3, 0.4) is 0 Å². The molecule has 0 heterocycles. The highest BCUT2D eigenvalue weighted by molar-refractivity contribution is 5.90. The summed E-state index contributed by atoms with van der Waals surface area (Å²) < 4.78 is 27.0. The fraction of sp³-hybridized carbons (Fsp3) is 0.500. The Morgan fingerprint density at radius 1 is 1.05 bits per heavy atom. The predicted octanol–water partition coefficient (Wildman–Crippen LogP) is 6.56. The largest absolute Gasteiger partial charge is 0.248 e. The molecule has 1 fully saturated rings. The average molecular weight is 302 g/mol. The second kappa shape index (κ2) is 5.64. The van der Waals surface area contributed by atoms with E-state index in [1.807, 2.05) is 0 Å². The van der Waals surface area contributed by atoms with E-state index in [1.54, 1.807) is 0 Å². The first-order chi connectivity index (χ1) is 10.4. The zero-order valence-corrected chi connectivity index (χ0v) is 13.6. The van der Waals surface area contributed by atoms with Gasteiger partial charge in [0.05, 0.1) is 0 Å². The normalized spacial score (nSPS) is 19.0. The van der Waals surface area contributed by atoms with Crippen molar-refractivity contribution in [2.24, 2.45) is 0 Å². The molecule has 3 rings (SSSR count). The van der Waals surface area contributed by atoms with Crippen molar-refractivity contribution in [1.29, 1.82) is 0 Å². The molecule has 118 valence electrons. The zero-order valence-electron chi connectivity index (χ0n) is 13.6. The van der Waals surface area contributed by atoms with Crippen LogP contribution in [0.5, 0.6) is 0 Å². The van der Waals surface area contributed by atoms with E-state index in [-0.39, 0.29) is 18.8 Å². The SMILES string of the molecule is Cc1c(C(C)C)cc(C2CCC(F)(F)CC2)c2ccccc12. The van der Waals surface area contributed by atoms with Gasteiger partial charge in [-0.1, -0.05) is 44.2 Å². The Bertz CT molecular complexity index is 675. The van der Waals surface area contributed by atoms with Crippen LogP contribution in [0.1, 0.15) is 68.1 Å². The van der Waals surface area contributed by atoms with Crippen molar-refractivity contribution < 1.29 is 8.78 Å². The molecule has 0 aromatic heterocycles. The minimum absolute atomic E-state index is 0.0247. The first-order valence-corrected chi connectivity index (χ1v) is 8.29. The molecule has 1 aliphatic rings. The van der Waals surface area contributed by atoms with Gasteiger partial charge in [0, 0.05) is 12.8 Å². The van der Waals surface area contributed by atoms with Crippen molar-refractivity contribution in [3.63, 3.8) is 0 Å². The summed E-state index contributed by atoms with van der Waals surface area (Å²) in [7, 11) is 0. The molecule has 0 bridgehead atoms. The lowest BCUT2D eigenvalue weighted by Gasteiger charge is -2.30. The second-order valence-corrected chi connectivity index (χ2v) is 7.01.